The molecular formula is C22H46NO4PS. The van der Waals surface area contributed by atoms with Crippen molar-refractivity contribution in [3.63, 3.8) is 0 Å². The summed E-state index contributed by atoms with van der Waals surface area (Å²) in [7, 11) is -4.49. The summed E-state index contributed by atoms with van der Waals surface area (Å²) >= 11 is 0. The number of aliphatic imine (C=N–C) groups is 1. The van der Waals surface area contributed by atoms with Crippen LogP contribution in [0.4, 0.5) is 0 Å². The van der Waals surface area contributed by atoms with Crippen molar-refractivity contribution in [1.82, 2.24) is 0 Å². The molecule has 0 bridgehead atoms. The van der Waals surface area contributed by atoms with Gasteiger partial charge in [0.2, 0.25) is 0 Å². The van der Waals surface area contributed by atoms with Gasteiger partial charge in [0.05, 0.1) is 30.4 Å². The van der Waals surface area contributed by atoms with E-state index in [1.807, 2.05) is 0 Å². The quantitative estimate of drug-likeness (QED) is 0.105. The molecule has 1 N–H and O–H groups in total. The van der Waals surface area contributed by atoms with E-state index in [1.54, 1.807) is 24.6 Å². The Kier molecular flexibility index (Phi) is 20.7. The average molecular weight is 452 g/mol. The summed E-state index contributed by atoms with van der Waals surface area (Å²) in [6.45, 7) is 12.7. The summed E-state index contributed by atoms with van der Waals surface area (Å²) in [4.78, 5) is 3.41. The van der Waals surface area contributed by atoms with E-state index in [-0.39, 0.29) is 18.7 Å². The molecule has 0 saturated heterocycles. The zero-order valence-corrected chi connectivity index (χ0v) is 21.1. The van der Waals surface area contributed by atoms with E-state index in [9.17, 15) is 13.5 Å². The van der Waals surface area contributed by atoms with Gasteiger partial charge in [0, 0.05) is 13.8 Å². The van der Waals surface area contributed by atoms with Crippen LogP contribution in [-0.4, -0.2) is 55.8 Å². The molecule has 0 heterocycles. The van der Waals surface area contributed by atoms with Crippen molar-refractivity contribution in [2.45, 2.75) is 85.5 Å². The molecule has 5 nitrogen and oxygen atoms in total. The van der Waals surface area contributed by atoms with E-state index in [0.29, 0.717) is 0 Å². The van der Waals surface area contributed by atoms with E-state index in [2.05, 4.69) is 39.3 Å². The second-order valence-corrected chi connectivity index (χ2v) is 13.8. The Balaban J connectivity index is 0. The lowest BCUT2D eigenvalue weighted by Crippen LogP contribution is -2.14. The van der Waals surface area contributed by atoms with E-state index >= 15 is 0 Å². The van der Waals surface area contributed by atoms with Crippen LogP contribution in [0.5, 0.6) is 0 Å². The van der Waals surface area contributed by atoms with E-state index in [1.165, 1.54) is 51.4 Å². The third-order valence-corrected chi connectivity index (χ3v) is 10.8. The van der Waals surface area contributed by atoms with Crippen molar-refractivity contribution in [2.75, 3.05) is 36.9 Å². The number of nitrogens with zero attached hydrogens (tertiary/aromatic N) is 1. The van der Waals surface area contributed by atoms with Gasteiger partial charge in [0.25, 0.3) is 10.1 Å². The van der Waals surface area contributed by atoms with Crippen LogP contribution in [-0.2, 0) is 10.1 Å². The van der Waals surface area contributed by atoms with Crippen molar-refractivity contribution in [3.8, 4) is 0 Å². The van der Waals surface area contributed by atoms with Gasteiger partial charge >= 0.3 is 0 Å². The predicted molar refractivity (Wildman–Crippen MR) is 130 cm³/mol. The highest BCUT2D eigenvalue weighted by molar-refractivity contribution is 7.85. The summed E-state index contributed by atoms with van der Waals surface area (Å²) in [5.74, 6) is -0.855. The molecule has 0 aliphatic carbocycles. The molecule has 0 spiro atoms. The first-order chi connectivity index (χ1) is 13.7. The smallest absolute Gasteiger partial charge is 0.264 e. The Labute approximate surface area is 181 Å². The third-order valence-electron chi connectivity index (χ3n) is 4.95. The lowest BCUT2D eigenvalue weighted by atomic mass is 10.4. The molecule has 0 radical (unpaired) electrons. The van der Waals surface area contributed by atoms with Crippen LogP contribution in [0.1, 0.15) is 85.5 Å². The molecule has 0 rings (SSSR count). The minimum Gasteiger partial charge on any atom is -0.859 e. The molecular weight excluding hydrogens is 405 g/mol. The summed E-state index contributed by atoms with van der Waals surface area (Å²) in [6.07, 6.45) is 19.1. The van der Waals surface area contributed by atoms with Gasteiger partial charge in [-0.15, -0.1) is 0 Å². The van der Waals surface area contributed by atoms with E-state index in [4.69, 9.17) is 4.55 Å². The Bertz CT molecular complexity index is 483. The maximum absolute atomic E-state index is 10.4. The molecule has 0 saturated carbocycles. The monoisotopic (exact) mass is 451 g/mol. The van der Waals surface area contributed by atoms with Crippen LogP contribution in [0.2, 0.25) is 0 Å². The fourth-order valence-corrected chi connectivity index (χ4v) is 8.93. The molecule has 29 heavy (non-hydrogen) atoms. The first-order valence-corrected chi connectivity index (χ1v) is 15.5. The molecule has 0 aromatic heterocycles. The van der Waals surface area contributed by atoms with Gasteiger partial charge in [0.15, 0.2) is 0 Å². The highest BCUT2D eigenvalue weighted by Crippen LogP contribution is 2.61. The van der Waals surface area contributed by atoms with E-state index in [0.717, 1.165) is 6.08 Å². The Hall–Kier alpha value is -0.450. The van der Waals surface area contributed by atoms with Crippen molar-refractivity contribution in [2.24, 2.45) is 4.99 Å². The molecule has 0 aromatic carbocycles. The lowest BCUT2D eigenvalue weighted by Gasteiger charge is -2.28. The van der Waals surface area contributed by atoms with Gasteiger partial charge in [-0.25, -0.2) is 0 Å². The maximum Gasteiger partial charge on any atom is 0.264 e. The van der Waals surface area contributed by atoms with Crippen molar-refractivity contribution in [1.29, 1.82) is 0 Å². The number of rotatable bonds is 17. The summed E-state index contributed by atoms with van der Waals surface area (Å²) in [5.41, 5.74) is 0. The van der Waals surface area contributed by atoms with Crippen LogP contribution >= 0.6 is 7.26 Å². The minimum absolute atomic E-state index is 0.0879. The highest BCUT2D eigenvalue weighted by Gasteiger charge is 2.34. The zero-order chi connectivity index (χ0) is 22.6. The maximum atomic E-state index is 10.4. The summed E-state index contributed by atoms with van der Waals surface area (Å²) in [6, 6.07) is 0. The van der Waals surface area contributed by atoms with Crippen LogP contribution < -0.4 is 5.11 Å². The van der Waals surface area contributed by atoms with Crippen LogP contribution in [0, 0.1) is 0 Å². The fraction of sp³-hybridized carbons (Fsp3) is 0.864. The molecule has 0 atom stereocenters. The first-order valence-electron chi connectivity index (χ1n) is 11.3. The Morgan fingerprint density at radius 1 is 0.897 bits per heavy atom. The molecule has 0 amide bonds. The molecule has 0 unspecified atom stereocenters. The second-order valence-electron chi connectivity index (χ2n) is 7.71. The molecule has 174 valence electrons. The van der Waals surface area contributed by atoms with Crippen LogP contribution in [0.25, 0.3) is 0 Å². The van der Waals surface area contributed by atoms with Crippen LogP contribution in [0.15, 0.2) is 17.6 Å². The Morgan fingerprint density at radius 2 is 1.28 bits per heavy atom. The molecule has 0 fully saturated rings. The predicted octanol–water partition coefficient (Wildman–Crippen LogP) is 5.41. The first kappa shape index (κ1) is 30.7. The highest BCUT2D eigenvalue weighted by atomic mass is 32.2. The topological polar surface area (TPSA) is 89.8 Å². The fourth-order valence-electron chi connectivity index (χ4n) is 3.15. The number of unbranched alkanes of at least 4 members (excludes halogenated alkanes) is 4. The van der Waals surface area contributed by atoms with Crippen molar-refractivity contribution < 1.29 is 18.1 Å². The van der Waals surface area contributed by atoms with Crippen LogP contribution in [0.3, 0.4) is 0 Å². The van der Waals surface area contributed by atoms with Crippen molar-refractivity contribution in [3.05, 3.63) is 12.7 Å². The largest absolute Gasteiger partial charge is 0.859 e. The summed E-state index contributed by atoms with van der Waals surface area (Å²) in [5, 5.41) is 10.4. The van der Waals surface area contributed by atoms with Gasteiger partial charge in [-0.2, -0.15) is 8.42 Å². The normalized spacial score (nSPS) is 12.4. The number of hydrogen-bond donors (Lipinski definition) is 1. The standard InChI is InChI=1S/C16H36P.C6H11NO4S/c1-5-9-13-17(14-10-6-2,15-11-7-3)16-12-8-4;1-2-6(8)7-4-3-5-12(9,10)11/h5-16H2,1-4H3;2H,1,3-5H2,(H,7,8)(H,9,10,11)/q+1;/p-1. The number of hydrogen-bond acceptors (Lipinski definition) is 4. The SMILES string of the molecule is C=CC([O-])=NCCCS(=O)(=O)O.CCCC[P+](CCCC)(CCCC)CCCC. The van der Waals surface area contributed by atoms with Crippen molar-refractivity contribution >= 4 is 23.3 Å². The van der Waals surface area contributed by atoms with Gasteiger partial charge in [-0.3, -0.25) is 4.55 Å². The molecule has 7 heteroatoms. The van der Waals surface area contributed by atoms with E-state index < -0.39 is 23.3 Å². The van der Waals surface area contributed by atoms with Gasteiger partial charge in [0.1, 0.15) is 0 Å². The third kappa shape index (κ3) is 20.6. The van der Waals surface area contributed by atoms with Gasteiger partial charge < -0.3 is 10.1 Å². The second kappa shape index (κ2) is 19.5. The average Bonchev–Trinajstić information content (AvgIpc) is 2.69. The lowest BCUT2D eigenvalue weighted by molar-refractivity contribution is -0.212. The van der Waals surface area contributed by atoms with Gasteiger partial charge in [-0.05, 0) is 38.0 Å². The van der Waals surface area contributed by atoms with Gasteiger partial charge in [-0.1, -0.05) is 66.0 Å². The zero-order valence-electron chi connectivity index (χ0n) is 19.4. The molecule has 0 aliphatic rings. The summed E-state index contributed by atoms with van der Waals surface area (Å²) < 4.78 is 28.6. The molecule has 0 aliphatic heterocycles. The molecule has 0 aromatic rings. The minimum atomic E-state index is -3.93. The Morgan fingerprint density at radius 3 is 1.55 bits per heavy atom.